The zero-order valence-corrected chi connectivity index (χ0v) is 10.1. The maximum atomic E-state index is 8.87. The van der Waals surface area contributed by atoms with E-state index in [9.17, 15) is 0 Å². The average Bonchev–Trinajstić information content (AvgIpc) is 2.17. The van der Waals surface area contributed by atoms with Crippen LogP contribution in [0.3, 0.4) is 0 Å². The summed E-state index contributed by atoms with van der Waals surface area (Å²) in [6.45, 7) is 5.74. The molecule has 4 N–H and O–H groups in total. The van der Waals surface area contributed by atoms with Gasteiger partial charge in [0.1, 0.15) is 22.5 Å². The SMILES string of the molecule is CCCN(CCC)C(N)=C(C#N)C(N)=S. The molecule has 0 aromatic carbocycles. The molecule has 0 amide bonds. The van der Waals surface area contributed by atoms with Crippen molar-refractivity contribution in [2.24, 2.45) is 11.5 Å². The molecule has 0 aliphatic carbocycles. The fraction of sp³-hybridized carbons (Fsp3) is 0.600. The lowest BCUT2D eigenvalue weighted by atomic mass is 10.2. The Morgan fingerprint density at radius 1 is 1.27 bits per heavy atom. The summed E-state index contributed by atoms with van der Waals surface area (Å²) in [7, 11) is 0. The summed E-state index contributed by atoms with van der Waals surface area (Å²) in [4.78, 5) is 2.00. The van der Waals surface area contributed by atoms with E-state index in [-0.39, 0.29) is 10.6 Å². The minimum Gasteiger partial charge on any atom is -0.389 e. The van der Waals surface area contributed by atoms with Gasteiger partial charge >= 0.3 is 0 Å². The van der Waals surface area contributed by atoms with E-state index in [1.54, 1.807) is 0 Å². The molecule has 0 aliphatic rings. The van der Waals surface area contributed by atoms with Gasteiger partial charge in [0.25, 0.3) is 0 Å². The van der Waals surface area contributed by atoms with Crippen LogP contribution in [0.15, 0.2) is 11.4 Å². The number of thiocarbonyl (C=S) groups is 1. The first kappa shape index (κ1) is 13.7. The summed E-state index contributed by atoms with van der Waals surface area (Å²) in [5.41, 5.74) is 11.5. The Bertz CT molecular complexity index is 284. The van der Waals surface area contributed by atoms with Gasteiger partial charge in [-0.05, 0) is 12.8 Å². The third kappa shape index (κ3) is 4.17. The van der Waals surface area contributed by atoms with Gasteiger partial charge in [-0.1, -0.05) is 26.1 Å². The maximum absolute atomic E-state index is 8.87. The van der Waals surface area contributed by atoms with Gasteiger partial charge in [-0.3, -0.25) is 0 Å². The fourth-order valence-corrected chi connectivity index (χ4v) is 1.44. The molecule has 5 heteroatoms. The molecule has 0 radical (unpaired) electrons. The summed E-state index contributed by atoms with van der Waals surface area (Å²) in [6.07, 6.45) is 1.94. The van der Waals surface area contributed by atoms with Crippen LogP contribution < -0.4 is 11.5 Å². The van der Waals surface area contributed by atoms with E-state index in [1.165, 1.54) is 0 Å². The number of rotatable bonds is 6. The molecule has 4 nitrogen and oxygen atoms in total. The largest absolute Gasteiger partial charge is 0.389 e. The van der Waals surface area contributed by atoms with E-state index < -0.39 is 0 Å². The summed E-state index contributed by atoms with van der Waals surface area (Å²) in [5.74, 6) is 0.397. The van der Waals surface area contributed by atoms with Gasteiger partial charge in [-0.25, -0.2) is 0 Å². The minimum atomic E-state index is 0.0622. The summed E-state index contributed by atoms with van der Waals surface area (Å²) < 4.78 is 0. The molecule has 0 aliphatic heterocycles. The summed E-state index contributed by atoms with van der Waals surface area (Å²) in [6, 6.07) is 1.95. The molecule has 84 valence electrons. The number of hydrogen-bond donors (Lipinski definition) is 2. The van der Waals surface area contributed by atoms with Crippen LogP contribution in [-0.4, -0.2) is 23.0 Å². The highest BCUT2D eigenvalue weighted by Crippen LogP contribution is 2.07. The molecular formula is C10H18N4S. The molecular weight excluding hydrogens is 208 g/mol. The second-order valence-electron chi connectivity index (χ2n) is 3.22. The highest BCUT2D eigenvalue weighted by molar-refractivity contribution is 7.80. The van der Waals surface area contributed by atoms with Gasteiger partial charge in [-0.15, -0.1) is 0 Å². The van der Waals surface area contributed by atoms with Crippen LogP contribution in [-0.2, 0) is 0 Å². The van der Waals surface area contributed by atoms with E-state index in [0.29, 0.717) is 5.82 Å². The van der Waals surface area contributed by atoms with Crippen molar-refractivity contribution in [2.75, 3.05) is 13.1 Å². The van der Waals surface area contributed by atoms with Crippen molar-refractivity contribution in [3.8, 4) is 6.07 Å². The fourth-order valence-electron chi connectivity index (χ4n) is 1.29. The van der Waals surface area contributed by atoms with Crippen LogP contribution in [0.1, 0.15) is 26.7 Å². The Kier molecular flexibility index (Phi) is 6.47. The number of nitriles is 1. The molecule has 0 fully saturated rings. The molecule has 15 heavy (non-hydrogen) atoms. The van der Waals surface area contributed by atoms with Gasteiger partial charge in [0, 0.05) is 13.1 Å². The highest BCUT2D eigenvalue weighted by atomic mass is 32.1. The molecule has 0 spiro atoms. The first-order valence-electron chi connectivity index (χ1n) is 5.03. The van der Waals surface area contributed by atoms with Gasteiger partial charge in [-0.2, -0.15) is 5.26 Å². The second-order valence-corrected chi connectivity index (χ2v) is 3.66. The molecule has 0 rings (SSSR count). The Balaban J connectivity index is 4.94. The van der Waals surface area contributed by atoms with Crippen LogP contribution >= 0.6 is 12.2 Å². The second kappa shape index (κ2) is 7.07. The van der Waals surface area contributed by atoms with Crippen LogP contribution in [0.2, 0.25) is 0 Å². The molecule has 0 bridgehead atoms. The Morgan fingerprint density at radius 2 is 1.73 bits per heavy atom. The monoisotopic (exact) mass is 226 g/mol. The Hall–Kier alpha value is -1.28. The predicted octanol–water partition coefficient (Wildman–Crippen LogP) is 1.09. The maximum Gasteiger partial charge on any atom is 0.126 e. The third-order valence-corrected chi connectivity index (χ3v) is 2.15. The Labute approximate surface area is 96.5 Å². The molecule has 0 heterocycles. The van der Waals surface area contributed by atoms with Gasteiger partial charge in [0.05, 0.1) is 0 Å². The zero-order valence-electron chi connectivity index (χ0n) is 9.29. The molecule has 0 saturated carbocycles. The van der Waals surface area contributed by atoms with Gasteiger partial charge in [0.15, 0.2) is 0 Å². The summed E-state index contributed by atoms with van der Waals surface area (Å²) in [5, 5.41) is 8.87. The van der Waals surface area contributed by atoms with Crippen molar-refractivity contribution in [3.63, 3.8) is 0 Å². The van der Waals surface area contributed by atoms with Crippen molar-refractivity contribution in [1.29, 1.82) is 5.26 Å². The topological polar surface area (TPSA) is 79.1 Å². The van der Waals surface area contributed by atoms with E-state index in [4.69, 9.17) is 28.9 Å². The number of nitrogens with zero attached hydrogens (tertiary/aromatic N) is 2. The molecule has 0 saturated heterocycles. The van der Waals surface area contributed by atoms with E-state index in [0.717, 1.165) is 25.9 Å². The standard InChI is InChI=1S/C10H18N4S/c1-3-5-14(6-4-2)9(12)8(7-11)10(13)15/h3-6,12H2,1-2H3,(H2,13,15). The third-order valence-electron chi connectivity index (χ3n) is 1.94. The van der Waals surface area contributed by atoms with Gasteiger partial charge < -0.3 is 16.4 Å². The quantitative estimate of drug-likeness (QED) is 0.402. The van der Waals surface area contributed by atoms with E-state index in [2.05, 4.69) is 13.8 Å². The highest BCUT2D eigenvalue weighted by Gasteiger charge is 2.12. The molecule has 0 aromatic rings. The summed E-state index contributed by atoms with van der Waals surface area (Å²) >= 11 is 4.77. The van der Waals surface area contributed by atoms with E-state index >= 15 is 0 Å². The lowest BCUT2D eigenvalue weighted by Gasteiger charge is -2.24. The average molecular weight is 226 g/mol. The lowest BCUT2D eigenvalue weighted by molar-refractivity contribution is 0.340. The molecule has 0 atom stereocenters. The minimum absolute atomic E-state index is 0.0622. The number of nitrogens with two attached hydrogens (primary N) is 2. The van der Waals surface area contributed by atoms with Crippen LogP contribution in [0, 0.1) is 11.3 Å². The molecule has 0 unspecified atom stereocenters. The molecule has 0 aromatic heterocycles. The number of hydrogen-bond acceptors (Lipinski definition) is 4. The Morgan fingerprint density at radius 3 is 2.00 bits per heavy atom. The van der Waals surface area contributed by atoms with E-state index in [1.807, 2.05) is 11.0 Å². The predicted molar refractivity (Wildman–Crippen MR) is 65.8 cm³/mol. The van der Waals surface area contributed by atoms with Gasteiger partial charge in [0.2, 0.25) is 0 Å². The zero-order chi connectivity index (χ0) is 11.8. The van der Waals surface area contributed by atoms with Crippen molar-refractivity contribution in [1.82, 2.24) is 4.90 Å². The lowest BCUT2D eigenvalue weighted by Crippen LogP contribution is -2.32. The normalized spacial score (nSPS) is 11.5. The van der Waals surface area contributed by atoms with Crippen molar-refractivity contribution < 1.29 is 0 Å². The van der Waals surface area contributed by atoms with Crippen LogP contribution in [0.4, 0.5) is 0 Å². The first-order chi connectivity index (χ1) is 7.08. The smallest absolute Gasteiger partial charge is 0.126 e. The van der Waals surface area contributed by atoms with Crippen molar-refractivity contribution >= 4 is 17.2 Å². The van der Waals surface area contributed by atoms with Crippen LogP contribution in [0.25, 0.3) is 0 Å². The van der Waals surface area contributed by atoms with Crippen LogP contribution in [0.5, 0.6) is 0 Å². The van der Waals surface area contributed by atoms with Crippen molar-refractivity contribution in [2.45, 2.75) is 26.7 Å². The first-order valence-corrected chi connectivity index (χ1v) is 5.43. The van der Waals surface area contributed by atoms with Crippen molar-refractivity contribution in [3.05, 3.63) is 11.4 Å².